The number of aliphatic hydroxyl groups excluding tert-OH is 1. The van der Waals surface area contributed by atoms with Crippen molar-refractivity contribution in [1.82, 2.24) is 36.3 Å². The first-order valence-corrected chi connectivity index (χ1v) is 23.8. The zero-order chi connectivity index (χ0) is 51.8. The molecule has 4 heterocycles. The molecule has 0 radical (unpaired) electrons. The van der Waals surface area contributed by atoms with Gasteiger partial charge in [0.15, 0.2) is 0 Å². The Hall–Kier alpha value is -6.22. The molecular weight excluding hydrogens is 919 g/mol. The highest BCUT2D eigenvalue weighted by molar-refractivity contribution is 5.87. The van der Waals surface area contributed by atoms with E-state index in [9.17, 15) is 24.3 Å². The minimum atomic E-state index is -1.55. The third-order valence-electron chi connectivity index (χ3n) is 13.2. The number of hydrogen-bond acceptors (Lipinski definition) is 14. The summed E-state index contributed by atoms with van der Waals surface area (Å²) >= 11 is 0. The van der Waals surface area contributed by atoms with Crippen molar-refractivity contribution in [1.29, 1.82) is 0 Å². The van der Waals surface area contributed by atoms with Gasteiger partial charge >= 0.3 is 12.2 Å². The third-order valence-corrected chi connectivity index (χ3v) is 13.2. The number of aliphatic imine (C=N–C) groups is 1. The number of nitrogens with zero attached hydrogens (tertiary/aromatic N) is 5. The van der Waals surface area contributed by atoms with Gasteiger partial charge in [-0.1, -0.05) is 65.8 Å². The molecule has 71 heavy (non-hydrogen) atoms. The van der Waals surface area contributed by atoms with Crippen LogP contribution in [0.3, 0.4) is 0 Å². The van der Waals surface area contributed by atoms with E-state index in [-0.39, 0.29) is 17.7 Å². The molecule has 3 aromatic rings. The molecule has 20 heteroatoms. The lowest BCUT2D eigenvalue weighted by Gasteiger charge is -2.48. The fraction of sp³-hybridized carbons (Fsp3) is 0.529. The quantitative estimate of drug-likeness (QED) is 0.0762. The summed E-state index contributed by atoms with van der Waals surface area (Å²) in [7, 11) is 3.83. The Balaban J connectivity index is 1.27. The zero-order valence-electron chi connectivity index (χ0n) is 42.1. The molecule has 386 valence electrons. The average Bonchev–Trinajstić information content (AvgIpc) is 3.53. The predicted molar refractivity (Wildman–Crippen MR) is 266 cm³/mol. The number of nitrogens with two attached hydrogens (primary N) is 1. The fourth-order valence-electron chi connectivity index (χ4n) is 9.28. The Kier molecular flexibility index (Phi) is 17.8. The smallest absolute Gasteiger partial charge is 0.407 e. The second-order valence-corrected chi connectivity index (χ2v) is 20.6. The van der Waals surface area contributed by atoms with E-state index in [4.69, 9.17) is 24.9 Å². The van der Waals surface area contributed by atoms with E-state index in [1.165, 1.54) is 39.3 Å². The molecule has 3 aliphatic heterocycles. The molecule has 3 saturated heterocycles. The lowest BCUT2D eigenvalue weighted by atomic mass is 9.85. The molecule has 2 bridgehead atoms. The lowest BCUT2D eigenvalue weighted by Crippen LogP contribution is -2.62. The maximum atomic E-state index is 15.9. The van der Waals surface area contributed by atoms with Crippen LogP contribution < -0.4 is 32.0 Å². The van der Waals surface area contributed by atoms with E-state index < -0.39 is 89.3 Å². The number of piperazine rings is 1. The Labute approximate surface area is 414 Å². The van der Waals surface area contributed by atoms with Crippen molar-refractivity contribution in [3.8, 4) is 11.1 Å². The Bertz CT molecular complexity index is 2370. The number of allylic oxidation sites excluding steroid dienone is 1. The molecule has 6 rings (SSSR count). The van der Waals surface area contributed by atoms with Crippen molar-refractivity contribution in [2.24, 2.45) is 21.6 Å². The number of carbonyl (C=O) groups excluding carboxylic acids is 4. The lowest BCUT2D eigenvalue weighted by molar-refractivity contribution is -0.132. The van der Waals surface area contributed by atoms with Gasteiger partial charge in [0.1, 0.15) is 29.5 Å². The minimum Gasteiger partial charge on any atom is -0.453 e. The summed E-state index contributed by atoms with van der Waals surface area (Å²) in [6, 6.07) is 11.7. The van der Waals surface area contributed by atoms with Crippen LogP contribution in [0.4, 0.5) is 24.2 Å². The fourth-order valence-corrected chi connectivity index (χ4v) is 9.28. The first-order valence-electron chi connectivity index (χ1n) is 23.8. The summed E-state index contributed by atoms with van der Waals surface area (Å²) in [5, 5.41) is 21.3. The van der Waals surface area contributed by atoms with E-state index in [0.29, 0.717) is 23.7 Å². The van der Waals surface area contributed by atoms with E-state index in [1.807, 2.05) is 42.6 Å². The monoisotopic (exact) mass is 989 g/mol. The van der Waals surface area contributed by atoms with E-state index in [2.05, 4.69) is 36.2 Å². The van der Waals surface area contributed by atoms with Crippen LogP contribution >= 0.6 is 0 Å². The molecule has 2 unspecified atom stereocenters. The van der Waals surface area contributed by atoms with Crippen LogP contribution in [0.5, 0.6) is 0 Å². The first kappa shape index (κ1) is 54.1. The topological polar surface area (TPSA) is 225 Å². The van der Waals surface area contributed by atoms with Gasteiger partial charge in [0.05, 0.1) is 45.6 Å². The van der Waals surface area contributed by atoms with Gasteiger partial charge in [0.2, 0.25) is 5.91 Å². The zero-order valence-corrected chi connectivity index (χ0v) is 42.1. The number of pyridine rings is 1. The summed E-state index contributed by atoms with van der Waals surface area (Å²) in [5.41, 5.74) is 9.05. The number of anilines is 1. The summed E-state index contributed by atoms with van der Waals surface area (Å²) in [6.45, 7) is 12.6. The number of benzene rings is 2. The molecule has 4 amide bonds. The number of fused-ring (bicyclic) bond motifs is 2. The van der Waals surface area contributed by atoms with Gasteiger partial charge < -0.3 is 45.9 Å². The van der Waals surface area contributed by atoms with Crippen LogP contribution in [0.15, 0.2) is 65.8 Å². The Morgan fingerprint density at radius 1 is 0.873 bits per heavy atom. The van der Waals surface area contributed by atoms with Crippen molar-refractivity contribution < 1.29 is 47.3 Å². The maximum Gasteiger partial charge on any atom is 0.407 e. The molecule has 7 N–H and O–H groups in total. The summed E-state index contributed by atoms with van der Waals surface area (Å²) in [4.78, 5) is 66.8. The molecule has 3 fully saturated rings. The normalized spacial score (nSPS) is 19.4. The van der Waals surface area contributed by atoms with Crippen molar-refractivity contribution in [2.45, 2.75) is 110 Å². The van der Waals surface area contributed by atoms with E-state index >= 15 is 8.78 Å². The number of hydrazine groups is 1. The SMILES string of the molecule is CN=CC=C(N)c1cc(F)c(CN(C[C@H](O)[C@H](Cc2ccc(-c3ccc(N4CC5CCC(C4)N5C4COC4)nc3)cc2)NC(=O)[C@@H](NC(=O)OC)C(C)(C)C)NC(=O)[C@@H](NC(=O)OC)C(C)(C)C)c(F)c1. The predicted octanol–water partition coefficient (Wildman–Crippen LogP) is 4.54. The average molecular weight is 989 g/mol. The third kappa shape index (κ3) is 13.8. The Morgan fingerprint density at radius 3 is 1.93 bits per heavy atom. The molecule has 6 atom stereocenters. The first-order chi connectivity index (χ1) is 33.6. The molecule has 1 aromatic heterocycles. The van der Waals surface area contributed by atoms with Gasteiger partial charge in [-0.15, -0.1) is 0 Å². The number of ether oxygens (including phenoxy) is 3. The van der Waals surface area contributed by atoms with Gasteiger partial charge in [-0.25, -0.2) is 28.4 Å². The van der Waals surface area contributed by atoms with Gasteiger partial charge in [0.25, 0.3) is 5.91 Å². The molecule has 3 aliphatic rings. The standard InChI is InChI=1S/C51H70F2N10O8/c1-50(2,3)44(58-48(67)69-8)46(65)57-41(20-30-10-12-31(13-11-30)32-14-17-43(56-23-32)61-24-34-15-16-35(25-61)63(34)36-28-71-29-36)42(64)27-62(60-47(66)45(51(4,5)6)59-49(68)70-9)26-37-38(52)21-33(22-39(37)53)40(54)18-19-55-7/h10-14,17-19,21-23,34-36,41-42,44-45,64H,15-16,20,24-29,54H2,1-9H3,(H,57,65)(H,58,67)(H,59,68)(H,60,66)/t34?,35?,41-,42-,44+,45+/m0/s1. The minimum absolute atomic E-state index is 0.0289. The number of halogens is 2. The highest BCUT2D eigenvalue weighted by Gasteiger charge is 2.45. The number of aromatic nitrogens is 1. The van der Waals surface area contributed by atoms with Crippen LogP contribution in [0, 0.1) is 22.5 Å². The number of hydrogen-bond donors (Lipinski definition) is 6. The number of alkyl carbamates (subject to hydrolysis) is 2. The second kappa shape index (κ2) is 23.3. The van der Waals surface area contributed by atoms with Crippen molar-refractivity contribution in [3.05, 3.63) is 89.1 Å². The number of carbonyl (C=O) groups is 4. The molecule has 0 spiro atoms. The maximum absolute atomic E-state index is 15.9. The van der Waals surface area contributed by atoms with Crippen LogP contribution in [0.25, 0.3) is 16.8 Å². The van der Waals surface area contributed by atoms with Gasteiger partial charge in [0, 0.05) is 80.1 Å². The molecule has 0 aliphatic carbocycles. The summed E-state index contributed by atoms with van der Waals surface area (Å²) < 4.78 is 47.0. The van der Waals surface area contributed by atoms with Crippen LogP contribution in [-0.4, -0.2) is 147 Å². The van der Waals surface area contributed by atoms with E-state index in [1.54, 1.807) is 41.5 Å². The van der Waals surface area contributed by atoms with E-state index in [0.717, 1.165) is 67.5 Å². The Morgan fingerprint density at radius 2 is 1.44 bits per heavy atom. The van der Waals surface area contributed by atoms with Gasteiger partial charge in [-0.05, 0) is 71.6 Å². The van der Waals surface area contributed by atoms with Crippen LogP contribution in [0.1, 0.15) is 71.1 Å². The number of rotatable bonds is 18. The van der Waals surface area contributed by atoms with Crippen molar-refractivity contribution in [2.75, 3.05) is 59.0 Å². The van der Waals surface area contributed by atoms with Crippen molar-refractivity contribution in [3.63, 3.8) is 0 Å². The highest BCUT2D eigenvalue weighted by Crippen LogP contribution is 2.36. The largest absolute Gasteiger partial charge is 0.453 e. The van der Waals surface area contributed by atoms with Gasteiger partial charge in [-0.2, -0.15) is 0 Å². The van der Waals surface area contributed by atoms with Crippen LogP contribution in [-0.2, 0) is 36.8 Å². The van der Waals surface area contributed by atoms with Gasteiger partial charge in [-0.3, -0.25) is 24.9 Å². The molecule has 18 nitrogen and oxygen atoms in total. The number of amides is 4. The number of methoxy groups -OCH3 is 2. The number of aliphatic hydroxyl groups is 1. The molecular formula is C51H70F2N10O8. The molecule has 2 aromatic carbocycles. The molecule has 0 saturated carbocycles. The number of nitrogens with one attached hydrogen (secondary N) is 4. The van der Waals surface area contributed by atoms with Crippen LogP contribution in [0.2, 0.25) is 0 Å². The summed E-state index contributed by atoms with van der Waals surface area (Å²) in [6.07, 6.45) is 3.69. The summed E-state index contributed by atoms with van der Waals surface area (Å²) in [5.74, 6) is -2.52. The van der Waals surface area contributed by atoms with Crippen molar-refractivity contribution >= 4 is 41.7 Å². The highest BCUT2D eigenvalue weighted by atomic mass is 19.1. The second-order valence-electron chi connectivity index (χ2n) is 20.6.